The molecule has 0 heterocycles. The largest absolute Gasteiger partial charge is 0.479 e. The molecule has 4 nitrogen and oxygen atoms in total. The van der Waals surface area contributed by atoms with Gasteiger partial charge < -0.3 is 10.1 Å². The van der Waals surface area contributed by atoms with Crippen molar-refractivity contribution in [2.45, 2.75) is 116 Å². The minimum atomic E-state index is 0.0236. The van der Waals surface area contributed by atoms with Gasteiger partial charge in [0, 0.05) is 23.4 Å². The molecular formula is C38H46N2O2. The highest BCUT2D eigenvalue weighted by Crippen LogP contribution is 2.97. The zero-order chi connectivity index (χ0) is 29.1. The van der Waals surface area contributed by atoms with E-state index in [0.29, 0.717) is 33.7 Å². The monoisotopic (exact) mass is 562 g/mol. The molecule has 1 amide bonds. The van der Waals surface area contributed by atoms with Crippen LogP contribution < -0.4 is 5.32 Å². The molecule has 8 bridgehead atoms. The SMILES string of the molecule is CC(=O)Nc1c(C)cc(C23CC45CCC26CC27CCC(C4)(C3C2)C(c2cc(C)c(COC=N)c(C)c2)(C7)C6C5)cc1C. The van der Waals surface area contributed by atoms with E-state index in [-0.39, 0.29) is 11.3 Å². The summed E-state index contributed by atoms with van der Waals surface area (Å²) in [6, 6.07) is 10.2. The third kappa shape index (κ3) is 2.55. The van der Waals surface area contributed by atoms with Crippen molar-refractivity contribution in [3.8, 4) is 0 Å². The maximum Gasteiger partial charge on any atom is 0.221 e. The zero-order valence-corrected chi connectivity index (χ0v) is 26.1. The van der Waals surface area contributed by atoms with Crippen LogP contribution in [0.15, 0.2) is 24.3 Å². The Kier molecular flexibility index (Phi) is 4.63. The molecule has 11 fully saturated rings. The lowest BCUT2D eigenvalue weighted by molar-refractivity contribution is -0.412. The third-order valence-corrected chi connectivity index (χ3v) is 15.3. The molecule has 2 N–H and O–H groups in total. The van der Waals surface area contributed by atoms with Crippen LogP contribution in [0.5, 0.6) is 0 Å². The van der Waals surface area contributed by atoms with Crippen molar-refractivity contribution < 1.29 is 9.53 Å². The molecule has 8 unspecified atom stereocenters. The Labute approximate surface area is 250 Å². The Morgan fingerprint density at radius 3 is 1.74 bits per heavy atom. The average Bonchev–Trinajstić information content (AvgIpc) is 2.95. The predicted molar refractivity (Wildman–Crippen MR) is 166 cm³/mol. The van der Waals surface area contributed by atoms with Gasteiger partial charge in [0.25, 0.3) is 0 Å². The Morgan fingerprint density at radius 1 is 0.810 bits per heavy atom. The lowest BCUT2D eigenvalue weighted by Crippen LogP contribution is -2.89. The summed E-state index contributed by atoms with van der Waals surface area (Å²) in [6.45, 7) is 11.2. The second-order valence-corrected chi connectivity index (χ2v) is 16.7. The number of carbonyl (C=O) groups is 1. The molecule has 2 aromatic carbocycles. The highest BCUT2D eigenvalue weighted by Gasteiger charge is 2.92. The lowest BCUT2D eigenvalue weighted by Gasteiger charge is -2.94. The summed E-state index contributed by atoms with van der Waals surface area (Å²) in [4.78, 5) is 12.1. The van der Waals surface area contributed by atoms with E-state index in [1.54, 1.807) is 18.1 Å². The first-order valence-corrected chi connectivity index (χ1v) is 16.6. The number of anilines is 1. The molecule has 0 aromatic heterocycles. The highest BCUT2D eigenvalue weighted by molar-refractivity contribution is 5.90. The first-order valence-electron chi connectivity index (χ1n) is 16.6. The van der Waals surface area contributed by atoms with Crippen molar-refractivity contribution in [1.29, 1.82) is 5.41 Å². The lowest BCUT2D eigenvalue weighted by atomic mass is 9.09. The number of nitrogens with one attached hydrogen (secondary N) is 2. The maximum atomic E-state index is 12.1. The molecule has 42 heavy (non-hydrogen) atoms. The zero-order valence-electron chi connectivity index (χ0n) is 26.1. The standard InChI is InChI=1S/C38H46N2O2/c1-22-10-27(11-23(2)29(22)16-42-21-39)37-19-33-6-8-35(37)17-34-7-9-36(18-33,30(37)14-34)38(20-34,31(35)15-33)28-12-24(3)32(25(4)13-28)40-26(5)41/h10-13,21,30-31,39H,6-9,14-20H2,1-5H3,(H,40,41). The number of benzene rings is 2. The number of fused-ring (bicyclic) bond motifs is 2. The molecule has 2 aromatic rings. The molecule has 4 heteroatoms. The minimum absolute atomic E-state index is 0.0236. The van der Waals surface area contributed by atoms with Gasteiger partial charge >= 0.3 is 0 Å². The predicted octanol–water partition coefficient (Wildman–Crippen LogP) is 8.35. The molecule has 0 radical (unpaired) electrons. The summed E-state index contributed by atoms with van der Waals surface area (Å²) in [5.74, 6) is 1.55. The van der Waals surface area contributed by atoms with Crippen molar-refractivity contribution in [1.82, 2.24) is 0 Å². The third-order valence-electron chi connectivity index (χ3n) is 15.3. The number of ether oxygens (including phenoxy) is 1. The van der Waals surface area contributed by atoms with E-state index >= 15 is 0 Å². The van der Waals surface area contributed by atoms with Crippen LogP contribution in [-0.2, 0) is 27.0 Å². The van der Waals surface area contributed by atoms with Crippen LogP contribution in [-0.4, -0.2) is 12.3 Å². The van der Waals surface area contributed by atoms with Gasteiger partial charge in [0.1, 0.15) is 6.61 Å². The molecule has 11 saturated carbocycles. The van der Waals surface area contributed by atoms with E-state index in [0.717, 1.165) is 23.9 Å². The molecule has 0 aliphatic heterocycles. The van der Waals surface area contributed by atoms with E-state index in [1.807, 2.05) is 0 Å². The highest BCUT2D eigenvalue weighted by atomic mass is 16.5. The molecule has 11 aliphatic carbocycles. The summed E-state index contributed by atoms with van der Waals surface area (Å²) in [7, 11) is 0. The summed E-state index contributed by atoms with van der Waals surface area (Å²) >= 11 is 0. The van der Waals surface area contributed by atoms with Gasteiger partial charge in [0.2, 0.25) is 5.91 Å². The Morgan fingerprint density at radius 2 is 1.29 bits per heavy atom. The normalized spacial score (nSPS) is 44.2. The fourth-order valence-corrected chi connectivity index (χ4v) is 14.8. The van der Waals surface area contributed by atoms with Crippen LogP contribution in [0.3, 0.4) is 0 Å². The molecule has 220 valence electrons. The summed E-state index contributed by atoms with van der Waals surface area (Å²) in [6.07, 6.45) is 15.4. The van der Waals surface area contributed by atoms with E-state index < -0.39 is 0 Å². The molecule has 11 aliphatic rings. The molecule has 4 spiro atoms. The van der Waals surface area contributed by atoms with Crippen molar-refractivity contribution in [3.63, 3.8) is 0 Å². The fourth-order valence-electron chi connectivity index (χ4n) is 14.8. The molecule has 0 saturated heterocycles. The average molecular weight is 563 g/mol. The fraction of sp³-hybridized carbons (Fsp3) is 0.632. The van der Waals surface area contributed by atoms with Gasteiger partial charge in [0.05, 0.1) is 0 Å². The van der Waals surface area contributed by atoms with Gasteiger partial charge in [-0.25, -0.2) is 0 Å². The van der Waals surface area contributed by atoms with Gasteiger partial charge in [-0.1, -0.05) is 24.3 Å². The van der Waals surface area contributed by atoms with Gasteiger partial charge in [-0.15, -0.1) is 0 Å². The minimum Gasteiger partial charge on any atom is -0.479 e. The number of hydrogen-bond donors (Lipinski definition) is 2. The van der Waals surface area contributed by atoms with Crippen LogP contribution in [0.25, 0.3) is 0 Å². The topological polar surface area (TPSA) is 62.2 Å². The molecular weight excluding hydrogens is 516 g/mol. The number of rotatable bonds is 6. The van der Waals surface area contributed by atoms with Gasteiger partial charge in [-0.3, -0.25) is 10.2 Å². The van der Waals surface area contributed by atoms with E-state index in [2.05, 4.69) is 57.3 Å². The first kappa shape index (κ1) is 25.8. The smallest absolute Gasteiger partial charge is 0.221 e. The van der Waals surface area contributed by atoms with Gasteiger partial charge in [-0.2, -0.15) is 0 Å². The van der Waals surface area contributed by atoms with E-state index in [1.165, 1.54) is 92.0 Å². The Bertz CT molecular complexity index is 1580. The number of amides is 1. The van der Waals surface area contributed by atoms with E-state index in [4.69, 9.17) is 10.1 Å². The first-order chi connectivity index (χ1) is 20.0. The number of hydrogen-bond acceptors (Lipinski definition) is 3. The summed E-state index contributed by atoms with van der Waals surface area (Å²) in [5, 5.41) is 10.6. The molecule has 13 rings (SSSR count). The number of carbonyl (C=O) groups excluding carboxylic acids is 1. The van der Waals surface area contributed by atoms with Crippen LogP contribution in [0.4, 0.5) is 5.69 Å². The van der Waals surface area contributed by atoms with Crippen LogP contribution >= 0.6 is 0 Å². The van der Waals surface area contributed by atoms with Gasteiger partial charge in [-0.05, 0) is 164 Å². The van der Waals surface area contributed by atoms with Crippen molar-refractivity contribution in [2.75, 3.05) is 5.32 Å². The van der Waals surface area contributed by atoms with Crippen LogP contribution in [0.2, 0.25) is 0 Å². The second-order valence-electron chi connectivity index (χ2n) is 16.7. The van der Waals surface area contributed by atoms with E-state index in [9.17, 15) is 4.79 Å². The molecule has 8 atom stereocenters. The Balaban J connectivity index is 1.28. The maximum absolute atomic E-state index is 12.1. The number of aryl methyl sites for hydroxylation is 4. The Hall–Kier alpha value is -2.62. The second kappa shape index (κ2) is 7.53. The van der Waals surface area contributed by atoms with Crippen molar-refractivity contribution in [2.24, 2.45) is 33.5 Å². The van der Waals surface area contributed by atoms with Crippen LogP contribution in [0, 0.1) is 66.6 Å². The van der Waals surface area contributed by atoms with Crippen LogP contribution in [0.1, 0.15) is 110 Å². The summed E-state index contributed by atoms with van der Waals surface area (Å²) in [5.41, 5.74) is 13.2. The van der Waals surface area contributed by atoms with Gasteiger partial charge in [0.15, 0.2) is 6.40 Å². The quantitative estimate of drug-likeness (QED) is 0.274. The van der Waals surface area contributed by atoms with Crippen molar-refractivity contribution in [3.05, 3.63) is 63.2 Å². The van der Waals surface area contributed by atoms with Crippen molar-refractivity contribution >= 4 is 18.0 Å². The summed E-state index contributed by atoms with van der Waals surface area (Å²) < 4.78 is 5.48.